The van der Waals surface area contributed by atoms with Crippen LogP contribution in [0.5, 0.6) is 11.5 Å². The molecule has 1 aromatic heterocycles. The molecule has 2 aromatic carbocycles. The highest BCUT2D eigenvalue weighted by molar-refractivity contribution is 9.10. The number of halogens is 2. The molecule has 3 aromatic rings. The van der Waals surface area contributed by atoms with Crippen LogP contribution in [0.25, 0.3) is 10.9 Å². The Morgan fingerprint density at radius 2 is 1.97 bits per heavy atom. The summed E-state index contributed by atoms with van der Waals surface area (Å²) < 4.78 is 19.1. The topological polar surface area (TPSA) is 92.0 Å². The molecule has 0 unspecified atom stereocenters. The largest absolute Gasteiger partial charge is 0.490 e. The molecule has 1 heterocycles. The van der Waals surface area contributed by atoms with Crippen LogP contribution in [0.1, 0.15) is 32.2 Å². The van der Waals surface area contributed by atoms with E-state index < -0.39 is 12.1 Å². The number of nitrogens with zero attached hydrogens (tertiary/aromatic N) is 3. The summed E-state index contributed by atoms with van der Waals surface area (Å²) in [6.45, 7) is 7.55. The molecule has 0 saturated carbocycles. The number of ether oxygens (including phenoxy) is 3. The van der Waals surface area contributed by atoms with Gasteiger partial charge in [0.1, 0.15) is 5.82 Å². The fourth-order valence-corrected chi connectivity index (χ4v) is 3.96. The molecule has 174 valence electrons. The molecule has 0 saturated heterocycles. The van der Waals surface area contributed by atoms with E-state index in [2.05, 4.69) is 41.9 Å². The minimum absolute atomic E-state index is 0.265. The van der Waals surface area contributed by atoms with Crippen molar-refractivity contribution < 1.29 is 19.0 Å². The second kappa shape index (κ2) is 10.9. The van der Waals surface area contributed by atoms with Crippen LogP contribution in [0, 0.1) is 6.92 Å². The van der Waals surface area contributed by atoms with Crippen molar-refractivity contribution >= 4 is 54.9 Å². The third-order valence-electron chi connectivity index (χ3n) is 4.54. The van der Waals surface area contributed by atoms with Gasteiger partial charge in [0.05, 0.1) is 34.8 Å². The molecule has 8 nitrogen and oxygen atoms in total. The Balaban J connectivity index is 1.97. The second-order valence-corrected chi connectivity index (χ2v) is 8.73. The Morgan fingerprint density at radius 1 is 1.21 bits per heavy atom. The van der Waals surface area contributed by atoms with E-state index in [4.69, 9.17) is 14.2 Å². The van der Waals surface area contributed by atoms with Crippen LogP contribution in [0.4, 0.5) is 0 Å². The third kappa shape index (κ3) is 5.80. The molecule has 33 heavy (non-hydrogen) atoms. The van der Waals surface area contributed by atoms with Crippen molar-refractivity contribution in [2.75, 3.05) is 13.2 Å². The van der Waals surface area contributed by atoms with E-state index in [0.717, 1.165) is 4.47 Å². The summed E-state index contributed by atoms with van der Waals surface area (Å²) in [7, 11) is 0. The first kappa shape index (κ1) is 24.9. The lowest BCUT2D eigenvalue weighted by atomic mass is 10.2. The van der Waals surface area contributed by atoms with Crippen molar-refractivity contribution in [3.8, 4) is 11.5 Å². The fraction of sp³-hybridized carbons (Fsp3) is 0.304. The van der Waals surface area contributed by atoms with Gasteiger partial charge in [-0.2, -0.15) is 9.78 Å². The van der Waals surface area contributed by atoms with Crippen molar-refractivity contribution in [3.63, 3.8) is 0 Å². The molecule has 0 N–H and O–H groups in total. The molecule has 0 aliphatic heterocycles. The SMILES string of the molecule is CCOC(=O)[C@H](C)Oc1c(Br)cc(C=Nn2c(C)nc3ccc(Br)cc3c2=O)cc1OCC. The number of aromatic nitrogens is 2. The molecule has 0 spiro atoms. The summed E-state index contributed by atoms with van der Waals surface area (Å²) in [5.74, 6) is 0.787. The minimum Gasteiger partial charge on any atom is -0.490 e. The van der Waals surface area contributed by atoms with Crippen LogP contribution >= 0.6 is 31.9 Å². The minimum atomic E-state index is -0.816. The van der Waals surface area contributed by atoms with Gasteiger partial charge in [-0.15, -0.1) is 0 Å². The predicted octanol–water partition coefficient (Wildman–Crippen LogP) is 4.84. The zero-order valence-corrected chi connectivity index (χ0v) is 21.8. The van der Waals surface area contributed by atoms with Crippen LogP contribution in [0.3, 0.4) is 0 Å². The third-order valence-corrected chi connectivity index (χ3v) is 5.62. The first-order valence-electron chi connectivity index (χ1n) is 10.3. The van der Waals surface area contributed by atoms with Crippen LogP contribution in [-0.4, -0.2) is 41.2 Å². The highest BCUT2D eigenvalue weighted by atomic mass is 79.9. The lowest BCUT2D eigenvalue weighted by Gasteiger charge is -2.18. The van der Waals surface area contributed by atoms with Gasteiger partial charge in [0.15, 0.2) is 17.6 Å². The molecule has 0 aliphatic rings. The Bertz CT molecular complexity index is 1270. The van der Waals surface area contributed by atoms with Gasteiger partial charge in [0, 0.05) is 4.47 Å². The molecule has 0 fully saturated rings. The summed E-state index contributed by atoms with van der Waals surface area (Å²) in [5, 5.41) is 4.81. The van der Waals surface area contributed by atoms with Crippen molar-refractivity contribution in [2.24, 2.45) is 5.10 Å². The van der Waals surface area contributed by atoms with E-state index in [1.165, 1.54) is 10.9 Å². The van der Waals surface area contributed by atoms with E-state index in [1.807, 2.05) is 13.0 Å². The Hall–Kier alpha value is -2.72. The van der Waals surface area contributed by atoms with E-state index in [1.54, 1.807) is 45.0 Å². The maximum absolute atomic E-state index is 12.9. The molecule has 3 rings (SSSR count). The van der Waals surface area contributed by atoms with Crippen LogP contribution in [-0.2, 0) is 9.53 Å². The van der Waals surface area contributed by atoms with Gasteiger partial charge in [-0.1, -0.05) is 15.9 Å². The molecular formula is C23H23Br2N3O5. The van der Waals surface area contributed by atoms with Crippen molar-refractivity contribution in [2.45, 2.75) is 33.8 Å². The molecule has 10 heteroatoms. The highest BCUT2D eigenvalue weighted by Gasteiger charge is 2.21. The number of aryl methyl sites for hydroxylation is 1. The molecular weight excluding hydrogens is 558 g/mol. The zero-order chi connectivity index (χ0) is 24.1. The van der Waals surface area contributed by atoms with Crippen molar-refractivity contribution in [1.29, 1.82) is 0 Å². The number of hydrogen-bond donors (Lipinski definition) is 0. The van der Waals surface area contributed by atoms with Gasteiger partial charge in [-0.3, -0.25) is 4.79 Å². The number of carbonyl (C=O) groups is 1. The lowest BCUT2D eigenvalue weighted by molar-refractivity contribution is -0.150. The van der Waals surface area contributed by atoms with Gasteiger partial charge >= 0.3 is 5.97 Å². The maximum Gasteiger partial charge on any atom is 0.347 e. The summed E-state index contributed by atoms with van der Waals surface area (Å²) >= 11 is 6.86. The van der Waals surface area contributed by atoms with Crippen LogP contribution in [0.2, 0.25) is 0 Å². The van der Waals surface area contributed by atoms with Gasteiger partial charge < -0.3 is 14.2 Å². The van der Waals surface area contributed by atoms with Gasteiger partial charge in [-0.25, -0.2) is 9.78 Å². The maximum atomic E-state index is 12.9. The van der Waals surface area contributed by atoms with Gasteiger partial charge in [0.25, 0.3) is 5.56 Å². The Kier molecular flexibility index (Phi) is 8.25. The number of esters is 1. The van der Waals surface area contributed by atoms with E-state index in [0.29, 0.717) is 44.9 Å². The summed E-state index contributed by atoms with van der Waals surface area (Å²) in [5.41, 5.74) is 0.982. The molecule has 0 radical (unpaired) electrons. The number of benzene rings is 2. The summed E-state index contributed by atoms with van der Waals surface area (Å²) in [4.78, 5) is 29.4. The quantitative estimate of drug-likeness (QED) is 0.280. The number of carbonyl (C=O) groups excluding carboxylic acids is 1. The number of fused-ring (bicyclic) bond motifs is 1. The first-order valence-corrected chi connectivity index (χ1v) is 11.9. The van der Waals surface area contributed by atoms with Crippen molar-refractivity contribution in [3.05, 3.63) is 61.0 Å². The standard InChI is InChI=1S/C23H23Br2N3O5/c1-5-31-20-10-15(9-18(25)21(20)33-13(3)23(30)32-6-2)12-26-28-14(4)27-19-8-7-16(24)11-17(19)22(28)29/h7-13H,5-6H2,1-4H3/t13-/m0/s1. The van der Waals surface area contributed by atoms with E-state index in [9.17, 15) is 9.59 Å². The average molecular weight is 581 g/mol. The number of hydrogen-bond acceptors (Lipinski definition) is 7. The number of rotatable bonds is 8. The van der Waals surface area contributed by atoms with E-state index >= 15 is 0 Å². The molecule has 0 amide bonds. The molecule has 1 atom stereocenters. The van der Waals surface area contributed by atoms with E-state index in [-0.39, 0.29) is 12.2 Å². The highest BCUT2D eigenvalue weighted by Crippen LogP contribution is 2.37. The summed E-state index contributed by atoms with van der Waals surface area (Å²) in [6.07, 6.45) is 0.718. The zero-order valence-electron chi connectivity index (χ0n) is 18.6. The summed E-state index contributed by atoms with van der Waals surface area (Å²) in [6, 6.07) is 8.81. The van der Waals surface area contributed by atoms with Gasteiger partial charge in [-0.05, 0) is 79.5 Å². The van der Waals surface area contributed by atoms with Crippen LogP contribution in [0.15, 0.2) is 49.2 Å². The lowest BCUT2D eigenvalue weighted by Crippen LogP contribution is -2.26. The first-order chi connectivity index (χ1) is 15.7. The predicted molar refractivity (Wildman–Crippen MR) is 133 cm³/mol. The Morgan fingerprint density at radius 3 is 2.67 bits per heavy atom. The fourth-order valence-electron chi connectivity index (χ4n) is 3.04. The second-order valence-electron chi connectivity index (χ2n) is 6.96. The van der Waals surface area contributed by atoms with Gasteiger partial charge in [0.2, 0.25) is 0 Å². The molecule has 0 aliphatic carbocycles. The monoisotopic (exact) mass is 579 g/mol. The van der Waals surface area contributed by atoms with Crippen LogP contribution < -0.4 is 15.0 Å². The van der Waals surface area contributed by atoms with Crippen molar-refractivity contribution in [1.82, 2.24) is 9.66 Å². The Labute approximate surface area is 207 Å². The normalized spacial score (nSPS) is 12.2. The molecule has 0 bridgehead atoms. The smallest absolute Gasteiger partial charge is 0.347 e. The average Bonchev–Trinajstić information content (AvgIpc) is 2.76.